The molecule has 2 aromatic rings. The maximum Gasteiger partial charge on any atom is 0.260 e. The fraction of sp³-hybridized carbons (Fsp3) is 0.526. The molecule has 1 amide bonds. The van der Waals surface area contributed by atoms with Crippen molar-refractivity contribution in [1.82, 2.24) is 25.0 Å². The largest absolute Gasteiger partial charge is 0.483 e. The van der Waals surface area contributed by atoms with E-state index >= 15 is 0 Å². The Morgan fingerprint density at radius 2 is 2.11 bits per heavy atom. The number of likely N-dealkylation sites (tertiary alicyclic amines) is 1. The molecule has 4 rings (SSSR count). The van der Waals surface area contributed by atoms with E-state index in [0.29, 0.717) is 16.7 Å². The summed E-state index contributed by atoms with van der Waals surface area (Å²) in [5.41, 5.74) is 0.858. The van der Waals surface area contributed by atoms with Gasteiger partial charge in [0.1, 0.15) is 17.4 Å². The molecule has 1 aromatic heterocycles. The summed E-state index contributed by atoms with van der Waals surface area (Å²) < 4.78 is 7.94. The van der Waals surface area contributed by atoms with Crippen molar-refractivity contribution in [3.05, 3.63) is 40.4 Å². The van der Waals surface area contributed by atoms with Gasteiger partial charge in [-0.25, -0.2) is 0 Å². The van der Waals surface area contributed by atoms with E-state index < -0.39 is 0 Å². The van der Waals surface area contributed by atoms with Crippen molar-refractivity contribution in [3.8, 4) is 5.75 Å². The van der Waals surface area contributed by atoms with Crippen LogP contribution in [0.5, 0.6) is 5.75 Å². The predicted octanol–water partition coefficient (Wildman–Crippen LogP) is 2.13. The Morgan fingerprint density at radius 3 is 2.93 bits per heavy atom. The first-order valence-electron chi connectivity index (χ1n) is 9.42. The van der Waals surface area contributed by atoms with E-state index in [1.807, 2.05) is 30.0 Å². The van der Waals surface area contributed by atoms with E-state index in [1.165, 1.54) is 0 Å². The summed E-state index contributed by atoms with van der Waals surface area (Å²) in [5, 5.41) is 12.7. The number of carbonyl (C=O) groups excluding carboxylic acids is 1. The fourth-order valence-electron chi connectivity index (χ4n) is 3.78. The number of aromatic nitrogens is 3. The second-order valence-electron chi connectivity index (χ2n) is 7.11. The van der Waals surface area contributed by atoms with Crippen LogP contribution in [0.3, 0.4) is 0 Å². The molecule has 2 aliphatic rings. The van der Waals surface area contributed by atoms with Crippen LogP contribution in [0.15, 0.2) is 18.2 Å². The number of nitrogens with one attached hydrogen (secondary N) is 1. The molecule has 0 unspecified atom stereocenters. The standard InChI is InChI=1S/C19H24ClN5O2/c1-13-15(20)3-2-4-16(13)27-12-18(26)24-8-5-14(6-9-24)19-23-22-17-11-21-7-10-25(17)19/h2-4,14,21H,5-12H2,1H3. The highest BCUT2D eigenvalue weighted by molar-refractivity contribution is 6.31. The Kier molecular flexibility index (Phi) is 5.31. The Hall–Kier alpha value is -2.12. The molecule has 0 saturated carbocycles. The highest BCUT2D eigenvalue weighted by Gasteiger charge is 2.28. The summed E-state index contributed by atoms with van der Waals surface area (Å²) in [5.74, 6) is 3.13. The maximum atomic E-state index is 12.5. The number of halogens is 1. The zero-order valence-corrected chi connectivity index (χ0v) is 16.2. The second-order valence-corrected chi connectivity index (χ2v) is 7.52. The van der Waals surface area contributed by atoms with Crippen molar-refractivity contribution >= 4 is 17.5 Å². The SMILES string of the molecule is Cc1c(Cl)cccc1OCC(=O)N1CCC(c2nnc3n2CCNC3)CC1. The lowest BCUT2D eigenvalue weighted by Crippen LogP contribution is -2.41. The Morgan fingerprint density at radius 1 is 1.30 bits per heavy atom. The maximum absolute atomic E-state index is 12.5. The topological polar surface area (TPSA) is 72.3 Å². The molecule has 1 aromatic carbocycles. The molecule has 1 saturated heterocycles. The van der Waals surface area contributed by atoms with Crippen LogP contribution in [-0.2, 0) is 17.9 Å². The van der Waals surface area contributed by atoms with Crippen molar-refractivity contribution in [3.63, 3.8) is 0 Å². The number of carbonyl (C=O) groups is 1. The Balaban J connectivity index is 1.32. The number of nitrogens with zero attached hydrogens (tertiary/aromatic N) is 4. The van der Waals surface area contributed by atoms with Crippen molar-refractivity contribution in [1.29, 1.82) is 0 Å². The number of piperidine rings is 1. The van der Waals surface area contributed by atoms with Crippen LogP contribution in [0.4, 0.5) is 0 Å². The van der Waals surface area contributed by atoms with Crippen molar-refractivity contribution < 1.29 is 9.53 Å². The van der Waals surface area contributed by atoms with E-state index in [1.54, 1.807) is 0 Å². The monoisotopic (exact) mass is 389 g/mol. The molecule has 7 nitrogen and oxygen atoms in total. The van der Waals surface area contributed by atoms with Gasteiger partial charge < -0.3 is 19.5 Å². The first-order valence-corrected chi connectivity index (χ1v) is 9.79. The summed E-state index contributed by atoms with van der Waals surface area (Å²) in [6, 6.07) is 5.48. The molecule has 1 fully saturated rings. The van der Waals surface area contributed by atoms with Gasteiger partial charge in [0.25, 0.3) is 5.91 Å². The highest BCUT2D eigenvalue weighted by Crippen LogP contribution is 2.28. The molecule has 0 bridgehead atoms. The summed E-state index contributed by atoms with van der Waals surface area (Å²) in [4.78, 5) is 14.4. The molecule has 3 heterocycles. The number of fused-ring (bicyclic) bond motifs is 1. The lowest BCUT2D eigenvalue weighted by Gasteiger charge is -2.32. The molecule has 0 spiro atoms. The van der Waals surface area contributed by atoms with Gasteiger partial charge in [0.05, 0.1) is 6.54 Å². The number of hydrogen-bond donors (Lipinski definition) is 1. The molecule has 2 aliphatic heterocycles. The lowest BCUT2D eigenvalue weighted by atomic mass is 9.95. The minimum Gasteiger partial charge on any atom is -0.483 e. The normalized spacial score (nSPS) is 17.6. The quantitative estimate of drug-likeness (QED) is 0.867. The third-order valence-electron chi connectivity index (χ3n) is 5.43. The minimum absolute atomic E-state index is 0.0142. The van der Waals surface area contributed by atoms with Gasteiger partial charge >= 0.3 is 0 Å². The zero-order chi connectivity index (χ0) is 18.8. The summed E-state index contributed by atoms with van der Waals surface area (Å²) in [6.07, 6.45) is 1.82. The van der Waals surface area contributed by atoms with Gasteiger partial charge in [-0.15, -0.1) is 10.2 Å². The highest BCUT2D eigenvalue weighted by atomic mass is 35.5. The number of rotatable bonds is 4. The van der Waals surface area contributed by atoms with E-state index in [4.69, 9.17) is 16.3 Å². The van der Waals surface area contributed by atoms with Crippen LogP contribution in [0.1, 0.15) is 36.0 Å². The van der Waals surface area contributed by atoms with Crippen LogP contribution in [0.2, 0.25) is 5.02 Å². The average molecular weight is 390 g/mol. The van der Waals surface area contributed by atoms with Gasteiger partial charge in [-0.2, -0.15) is 0 Å². The summed E-state index contributed by atoms with van der Waals surface area (Å²) in [6.45, 7) is 6.04. The third kappa shape index (κ3) is 3.80. The number of ether oxygens (including phenoxy) is 1. The minimum atomic E-state index is 0.0142. The molecular formula is C19H24ClN5O2. The van der Waals surface area contributed by atoms with E-state index in [2.05, 4.69) is 20.1 Å². The molecular weight excluding hydrogens is 366 g/mol. The van der Waals surface area contributed by atoms with Crippen LogP contribution < -0.4 is 10.1 Å². The van der Waals surface area contributed by atoms with E-state index in [0.717, 1.165) is 62.8 Å². The second kappa shape index (κ2) is 7.86. The Labute approximate surface area is 163 Å². The van der Waals surface area contributed by atoms with Crippen molar-refractivity contribution in [2.45, 2.75) is 38.8 Å². The van der Waals surface area contributed by atoms with Crippen LogP contribution in [-0.4, -0.2) is 51.8 Å². The lowest BCUT2D eigenvalue weighted by molar-refractivity contribution is -0.134. The third-order valence-corrected chi connectivity index (χ3v) is 5.84. The summed E-state index contributed by atoms with van der Waals surface area (Å²) >= 11 is 6.10. The van der Waals surface area contributed by atoms with Gasteiger partial charge in [-0.3, -0.25) is 4.79 Å². The first kappa shape index (κ1) is 18.3. The molecule has 0 atom stereocenters. The van der Waals surface area contributed by atoms with Crippen molar-refractivity contribution in [2.24, 2.45) is 0 Å². The van der Waals surface area contributed by atoms with Gasteiger partial charge in [0, 0.05) is 42.7 Å². The molecule has 144 valence electrons. The molecule has 8 heteroatoms. The molecule has 27 heavy (non-hydrogen) atoms. The molecule has 0 radical (unpaired) electrons. The van der Waals surface area contributed by atoms with Crippen LogP contribution >= 0.6 is 11.6 Å². The molecule has 1 N–H and O–H groups in total. The number of hydrogen-bond acceptors (Lipinski definition) is 5. The Bertz CT molecular complexity index is 830. The zero-order valence-electron chi connectivity index (χ0n) is 15.4. The smallest absolute Gasteiger partial charge is 0.260 e. The fourth-order valence-corrected chi connectivity index (χ4v) is 3.94. The van der Waals surface area contributed by atoms with Gasteiger partial charge in [0.15, 0.2) is 6.61 Å². The summed E-state index contributed by atoms with van der Waals surface area (Å²) in [7, 11) is 0. The van der Waals surface area contributed by atoms with E-state index in [-0.39, 0.29) is 12.5 Å². The van der Waals surface area contributed by atoms with Crippen LogP contribution in [0.25, 0.3) is 0 Å². The van der Waals surface area contributed by atoms with Gasteiger partial charge in [-0.05, 0) is 31.9 Å². The van der Waals surface area contributed by atoms with Gasteiger partial charge in [0.2, 0.25) is 0 Å². The molecule has 0 aliphatic carbocycles. The average Bonchev–Trinajstić information content (AvgIpc) is 3.13. The van der Waals surface area contributed by atoms with Gasteiger partial charge in [-0.1, -0.05) is 17.7 Å². The van der Waals surface area contributed by atoms with E-state index in [9.17, 15) is 4.79 Å². The number of amides is 1. The number of benzene rings is 1. The van der Waals surface area contributed by atoms with Crippen LogP contribution in [0, 0.1) is 6.92 Å². The predicted molar refractivity (Wildman–Crippen MR) is 102 cm³/mol. The first-order chi connectivity index (χ1) is 13.1. The van der Waals surface area contributed by atoms with Crippen molar-refractivity contribution in [2.75, 3.05) is 26.2 Å².